The Bertz CT molecular complexity index is 997. The first-order valence-corrected chi connectivity index (χ1v) is 10.3. The lowest BCUT2D eigenvalue weighted by molar-refractivity contribution is -0.126. The van der Waals surface area contributed by atoms with Gasteiger partial charge in [-0.05, 0) is 42.3 Å². The van der Waals surface area contributed by atoms with Crippen molar-refractivity contribution in [3.63, 3.8) is 0 Å². The predicted molar refractivity (Wildman–Crippen MR) is 110 cm³/mol. The highest BCUT2D eigenvalue weighted by atomic mass is 35.5. The molecule has 6 nitrogen and oxygen atoms in total. The van der Waals surface area contributed by atoms with Crippen LogP contribution in [0.4, 0.5) is 5.69 Å². The van der Waals surface area contributed by atoms with E-state index < -0.39 is 12.0 Å². The van der Waals surface area contributed by atoms with Gasteiger partial charge in [-0.2, -0.15) is 0 Å². The summed E-state index contributed by atoms with van der Waals surface area (Å²) in [5.41, 5.74) is 1.46. The van der Waals surface area contributed by atoms with E-state index in [2.05, 4.69) is 10.0 Å². The van der Waals surface area contributed by atoms with Crippen molar-refractivity contribution >= 4 is 40.7 Å². The van der Waals surface area contributed by atoms with Crippen LogP contribution in [0.15, 0.2) is 42.5 Å². The van der Waals surface area contributed by atoms with Gasteiger partial charge in [-0.15, -0.1) is 0 Å². The number of hydrazine groups is 1. The highest BCUT2D eigenvalue weighted by molar-refractivity contribution is 6.42. The van der Waals surface area contributed by atoms with Crippen LogP contribution in [0.2, 0.25) is 10.0 Å². The molecule has 0 radical (unpaired) electrons. The van der Waals surface area contributed by atoms with E-state index in [4.69, 9.17) is 27.9 Å². The molecule has 2 aromatic carbocycles. The van der Waals surface area contributed by atoms with Crippen molar-refractivity contribution in [1.29, 1.82) is 0 Å². The monoisotopic (exact) mass is 431 g/mol. The standard InChI is InChI=1S/C21H19Cl2N3O3/c1-29-14-6-3-12(4-7-14)18-17-19(25-10-2-9-24(18)25)21(28)26(20(17)27)13-5-8-15(22)16(23)11-13/h3-8,11,17-19H,2,9-10H2,1H3. The number of hydrogen-bond donors (Lipinski definition) is 0. The molecule has 3 fully saturated rings. The van der Waals surface area contributed by atoms with E-state index in [0.717, 1.165) is 30.8 Å². The molecule has 29 heavy (non-hydrogen) atoms. The Morgan fingerprint density at radius 2 is 1.59 bits per heavy atom. The number of carbonyl (C=O) groups excluding carboxylic acids is 2. The molecule has 8 heteroatoms. The van der Waals surface area contributed by atoms with Gasteiger partial charge in [-0.3, -0.25) is 9.59 Å². The van der Waals surface area contributed by atoms with Crippen LogP contribution < -0.4 is 9.64 Å². The fourth-order valence-corrected chi connectivity index (χ4v) is 5.09. The second-order valence-electron chi connectivity index (χ2n) is 7.48. The zero-order chi connectivity index (χ0) is 20.3. The molecule has 3 heterocycles. The summed E-state index contributed by atoms with van der Waals surface area (Å²) >= 11 is 12.2. The van der Waals surface area contributed by atoms with Crippen molar-refractivity contribution in [2.75, 3.05) is 25.1 Å². The molecule has 0 aliphatic carbocycles. The quantitative estimate of drug-likeness (QED) is 0.695. The van der Waals surface area contributed by atoms with Crippen LogP contribution >= 0.6 is 23.2 Å². The number of imide groups is 1. The van der Waals surface area contributed by atoms with Gasteiger partial charge in [-0.1, -0.05) is 35.3 Å². The minimum absolute atomic E-state index is 0.183. The third-order valence-electron chi connectivity index (χ3n) is 6.02. The smallest absolute Gasteiger partial charge is 0.253 e. The van der Waals surface area contributed by atoms with E-state index in [1.165, 1.54) is 4.90 Å². The summed E-state index contributed by atoms with van der Waals surface area (Å²) in [6.07, 6.45) is 0.962. The van der Waals surface area contributed by atoms with E-state index in [1.54, 1.807) is 25.3 Å². The molecule has 0 spiro atoms. The normalized spacial score (nSPS) is 26.9. The lowest BCUT2D eigenvalue weighted by atomic mass is 9.90. The second-order valence-corrected chi connectivity index (χ2v) is 8.29. The number of benzene rings is 2. The molecule has 3 unspecified atom stereocenters. The van der Waals surface area contributed by atoms with Gasteiger partial charge < -0.3 is 4.74 Å². The van der Waals surface area contributed by atoms with E-state index >= 15 is 0 Å². The molecule has 3 aliphatic heterocycles. The lowest BCUT2D eigenvalue weighted by Crippen LogP contribution is -2.44. The molecule has 3 saturated heterocycles. The maximum Gasteiger partial charge on any atom is 0.253 e. The van der Waals surface area contributed by atoms with E-state index in [1.807, 2.05) is 24.3 Å². The van der Waals surface area contributed by atoms with Crippen LogP contribution in [0.5, 0.6) is 5.75 Å². The van der Waals surface area contributed by atoms with E-state index in [9.17, 15) is 9.59 Å². The van der Waals surface area contributed by atoms with Crippen LogP contribution in [0.1, 0.15) is 18.0 Å². The number of ether oxygens (including phenoxy) is 1. The number of halogens is 2. The molecule has 2 amide bonds. The first kappa shape index (κ1) is 18.9. The number of anilines is 1. The Hall–Kier alpha value is -2.12. The molecular weight excluding hydrogens is 413 g/mol. The highest BCUT2D eigenvalue weighted by Gasteiger charge is 2.62. The zero-order valence-electron chi connectivity index (χ0n) is 15.7. The summed E-state index contributed by atoms with van der Waals surface area (Å²) in [4.78, 5) is 28.1. The summed E-state index contributed by atoms with van der Waals surface area (Å²) < 4.78 is 5.26. The van der Waals surface area contributed by atoms with Crippen molar-refractivity contribution in [3.05, 3.63) is 58.1 Å². The first-order chi connectivity index (χ1) is 14.0. The zero-order valence-corrected chi connectivity index (χ0v) is 17.2. The number of nitrogens with zero attached hydrogens (tertiary/aromatic N) is 3. The lowest BCUT2D eigenvalue weighted by Gasteiger charge is -2.29. The van der Waals surface area contributed by atoms with Crippen LogP contribution in [0, 0.1) is 5.92 Å². The van der Waals surface area contributed by atoms with E-state index in [0.29, 0.717) is 15.7 Å². The van der Waals surface area contributed by atoms with Gasteiger partial charge in [-0.25, -0.2) is 14.9 Å². The van der Waals surface area contributed by atoms with Gasteiger partial charge in [0, 0.05) is 13.1 Å². The van der Waals surface area contributed by atoms with Crippen LogP contribution in [-0.4, -0.2) is 48.1 Å². The molecule has 0 saturated carbocycles. The fraction of sp³-hybridized carbons (Fsp3) is 0.333. The van der Waals surface area contributed by atoms with Gasteiger partial charge in [0.15, 0.2) is 0 Å². The van der Waals surface area contributed by atoms with Crippen molar-refractivity contribution in [1.82, 2.24) is 10.0 Å². The Kier molecular flexibility index (Phi) is 4.55. The molecule has 3 atom stereocenters. The van der Waals surface area contributed by atoms with E-state index in [-0.39, 0.29) is 17.9 Å². The number of fused-ring (bicyclic) bond motifs is 3. The van der Waals surface area contributed by atoms with Gasteiger partial charge in [0.25, 0.3) is 5.91 Å². The first-order valence-electron chi connectivity index (χ1n) is 9.51. The number of carbonyl (C=O) groups is 2. The summed E-state index contributed by atoms with van der Waals surface area (Å²) in [5.74, 6) is -0.117. The average Bonchev–Trinajstić information content (AvgIpc) is 3.37. The van der Waals surface area contributed by atoms with Gasteiger partial charge in [0.2, 0.25) is 5.91 Å². The van der Waals surface area contributed by atoms with Crippen molar-refractivity contribution < 1.29 is 14.3 Å². The SMILES string of the molecule is COc1ccc(C2C3C(=O)N(c4ccc(Cl)c(Cl)c4)C(=O)C3N3CCCN23)cc1. The Labute approximate surface area is 178 Å². The molecule has 3 aliphatic rings. The third kappa shape index (κ3) is 2.78. The predicted octanol–water partition coefficient (Wildman–Crippen LogP) is 3.54. The minimum atomic E-state index is -0.494. The fourth-order valence-electron chi connectivity index (χ4n) is 4.79. The molecular formula is C21H19Cl2N3O3. The molecule has 150 valence electrons. The number of hydrogen-bond acceptors (Lipinski definition) is 5. The number of amides is 2. The van der Waals surface area contributed by atoms with Crippen LogP contribution in [0.25, 0.3) is 0 Å². The summed E-state index contributed by atoms with van der Waals surface area (Å²) in [5, 5.41) is 4.95. The van der Waals surface area contributed by atoms with Crippen molar-refractivity contribution in [2.45, 2.75) is 18.5 Å². The van der Waals surface area contributed by atoms with Gasteiger partial charge >= 0.3 is 0 Å². The third-order valence-corrected chi connectivity index (χ3v) is 6.76. The number of methoxy groups -OCH3 is 1. The van der Waals surface area contributed by atoms with Crippen LogP contribution in [-0.2, 0) is 9.59 Å². The Morgan fingerprint density at radius 3 is 2.24 bits per heavy atom. The largest absolute Gasteiger partial charge is 0.497 e. The van der Waals surface area contributed by atoms with Crippen LogP contribution in [0.3, 0.4) is 0 Å². The average molecular weight is 432 g/mol. The topological polar surface area (TPSA) is 53.1 Å². The summed E-state index contributed by atoms with van der Waals surface area (Å²) in [6.45, 7) is 1.60. The van der Waals surface area contributed by atoms with Crippen molar-refractivity contribution in [2.24, 2.45) is 5.92 Å². The van der Waals surface area contributed by atoms with Crippen molar-refractivity contribution in [3.8, 4) is 5.75 Å². The molecule has 5 rings (SSSR count). The maximum atomic E-state index is 13.5. The highest BCUT2D eigenvalue weighted by Crippen LogP contribution is 2.49. The number of rotatable bonds is 3. The van der Waals surface area contributed by atoms with Gasteiger partial charge in [0.1, 0.15) is 11.8 Å². The Morgan fingerprint density at radius 1 is 0.897 bits per heavy atom. The summed E-state index contributed by atoms with van der Waals surface area (Å²) in [7, 11) is 1.62. The molecule has 0 bridgehead atoms. The summed E-state index contributed by atoms with van der Waals surface area (Å²) in [6, 6.07) is 11.9. The molecule has 0 N–H and O–H groups in total. The minimum Gasteiger partial charge on any atom is -0.497 e. The van der Waals surface area contributed by atoms with Gasteiger partial charge in [0.05, 0.1) is 34.8 Å². The molecule has 2 aromatic rings. The second kappa shape index (κ2) is 6.99. The Balaban J connectivity index is 1.56. The molecule has 0 aromatic heterocycles. The maximum absolute atomic E-state index is 13.5.